The Balaban J connectivity index is 1.69. The van der Waals surface area contributed by atoms with E-state index in [0.29, 0.717) is 0 Å². The fourth-order valence-corrected chi connectivity index (χ4v) is 3.50. The Labute approximate surface area is 114 Å². The number of hydrogen-bond donors (Lipinski definition) is 1. The third kappa shape index (κ3) is 2.47. The van der Waals surface area contributed by atoms with E-state index in [0.717, 1.165) is 25.9 Å². The van der Waals surface area contributed by atoms with Crippen molar-refractivity contribution in [2.24, 2.45) is 5.92 Å². The molecule has 2 aliphatic heterocycles. The lowest BCUT2D eigenvalue weighted by atomic mass is 9.73. The molecular weight excluding hydrogens is 244 g/mol. The second-order valence-electron chi connectivity index (χ2n) is 6.34. The van der Waals surface area contributed by atoms with Gasteiger partial charge in [0.2, 0.25) is 0 Å². The van der Waals surface area contributed by atoms with E-state index in [9.17, 15) is 5.11 Å². The molecule has 0 aromatic heterocycles. The quantitative estimate of drug-likeness (QED) is 0.622. The minimum absolute atomic E-state index is 0.0791. The summed E-state index contributed by atoms with van der Waals surface area (Å²) >= 11 is 0. The van der Waals surface area contributed by atoms with Crippen molar-refractivity contribution in [1.82, 2.24) is 0 Å². The Morgan fingerprint density at radius 2 is 2.21 bits per heavy atom. The Morgan fingerprint density at radius 3 is 2.79 bits per heavy atom. The van der Waals surface area contributed by atoms with Crippen LogP contribution in [0.5, 0.6) is 0 Å². The van der Waals surface area contributed by atoms with Crippen LogP contribution in [0.25, 0.3) is 0 Å². The van der Waals surface area contributed by atoms with Crippen LogP contribution in [0.15, 0.2) is 11.6 Å². The molecule has 0 bridgehead atoms. The molecule has 0 aromatic rings. The van der Waals surface area contributed by atoms with Crippen molar-refractivity contribution >= 4 is 0 Å². The van der Waals surface area contributed by atoms with Gasteiger partial charge in [-0.2, -0.15) is 0 Å². The number of allylic oxidation sites excluding steroid dienone is 1. The van der Waals surface area contributed by atoms with E-state index in [1.165, 1.54) is 5.57 Å². The smallest absolute Gasteiger partial charge is 0.0997 e. The molecule has 1 N–H and O–H groups in total. The number of rotatable bonds is 4. The highest BCUT2D eigenvalue weighted by Gasteiger charge is 2.65. The van der Waals surface area contributed by atoms with Gasteiger partial charge in [-0.25, -0.2) is 0 Å². The van der Waals surface area contributed by atoms with Gasteiger partial charge in [0.05, 0.1) is 36.6 Å². The summed E-state index contributed by atoms with van der Waals surface area (Å²) in [4.78, 5) is 0. The Bertz CT molecular complexity index is 370. The van der Waals surface area contributed by atoms with E-state index in [1.54, 1.807) is 7.11 Å². The Kier molecular flexibility index (Phi) is 3.46. The van der Waals surface area contributed by atoms with Gasteiger partial charge in [0.15, 0.2) is 0 Å². The van der Waals surface area contributed by atoms with E-state index >= 15 is 0 Å². The third-order valence-corrected chi connectivity index (χ3v) is 4.73. The summed E-state index contributed by atoms with van der Waals surface area (Å²) in [5, 5.41) is 10.1. The number of ether oxygens (including phenoxy) is 3. The predicted octanol–water partition coefficient (Wildman–Crippen LogP) is 1.66. The maximum atomic E-state index is 10.1. The molecule has 3 fully saturated rings. The minimum atomic E-state index is -0.391. The van der Waals surface area contributed by atoms with Crippen LogP contribution in [0.2, 0.25) is 0 Å². The molecule has 4 nitrogen and oxygen atoms in total. The molecule has 0 radical (unpaired) electrons. The summed E-state index contributed by atoms with van der Waals surface area (Å²) in [5.74, 6) is 0.178. The first-order valence-corrected chi connectivity index (χ1v) is 7.21. The van der Waals surface area contributed by atoms with Crippen LogP contribution < -0.4 is 0 Å². The minimum Gasteiger partial charge on any atom is -0.390 e. The number of epoxide rings is 2. The van der Waals surface area contributed by atoms with Crippen LogP contribution >= 0.6 is 0 Å². The normalized spacial score (nSPS) is 48.1. The third-order valence-electron chi connectivity index (χ3n) is 4.73. The number of aliphatic hydroxyl groups excluding tert-OH is 1. The summed E-state index contributed by atoms with van der Waals surface area (Å²) in [6.07, 6.45) is 4.75. The molecule has 0 aromatic carbocycles. The molecule has 19 heavy (non-hydrogen) atoms. The first kappa shape index (κ1) is 13.6. The highest BCUT2D eigenvalue weighted by molar-refractivity contribution is 5.14. The van der Waals surface area contributed by atoms with Gasteiger partial charge in [-0.05, 0) is 33.1 Å². The Hall–Kier alpha value is -0.420. The summed E-state index contributed by atoms with van der Waals surface area (Å²) < 4.78 is 17.1. The first-order chi connectivity index (χ1) is 9.07. The molecule has 1 aliphatic carbocycles. The largest absolute Gasteiger partial charge is 0.390 e. The van der Waals surface area contributed by atoms with E-state index in [1.807, 2.05) is 0 Å². The fraction of sp³-hybridized carbons (Fsp3) is 0.867. The van der Waals surface area contributed by atoms with E-state index < -0.39 is 6.10 Å². The van der Waals surface area contributed by atoms with Crippen LogP contribution in [-0.2, 0) is 14.2 Å². The predicted molar refractivity (Wildman–Crippen MR) is 70.9 cm³/mol. The molecule has 1 spiro atoms. The molecule has 2 heterocycles. The molecule has 3 rings (SSSR count). The summed E-state index contributed by atoms with van der Waals surface area (Å²) in [7, 11) is 1.68. The number of aliphatic hydroxyl groups is 1. The molecule has 108 valence electrons. The van der Waals surface area contributed by atoms with Crippen LogP contribution in [0.4, 0.5) is 0 Å². The molecule has 1 saturated carbocycles. The monoisotopic (exact) mass is 268 g/mol. The Morgan fingerprint density at radius 1 is 1.47 bits per heavy atom. The zero-order valence-corrected chi connectivity index (χ0v) is 12.0. The second-order valence-corrected chi connectivity index (χ2v) is 6.34. The van der Waals surface area contributed by atoms with E-state index in [2.05, 4.69) is 19.9 Å². The van der Waals surface area contributed by atoms with Gasteiger partial charge in [0.1, 0.15) is 0 Å². The van der Waals surface area contributed by atoms with Crippen LogP contribution in [0.1, 0.15) is 33.1 Å². The average Bonchev–Trinajstić information content (AvgIpc) is 3.27. The van der Waals surface area contributed by atoms with Crippen LogP contribution in [0.3, 0.4) is 0 Å². The molecule has 0 unspecified atom stereocenters. The van der Waals surface area contributed by atoms with Crippen molar-refractivity contribution in [1.29, 1.82) is 0 Å². The van der Waals surface area contributed by atoms with Crippen molar-refractivity contribution < 1.29 is 19.3 Å². The van der Waals surface area contributed by atoms with Crippen molar-refractivity contribution in [3.05, 3.63) is 11.6 Å². The second kappa shape index (κ2) is 4.85. The lowest BCUT2D eigenvalue weighted by molar-refractivity contribution is -0.102. The average molecular weight is 268 g/mol. The number of hydrogen-bond acceptors (Lipinski definition) is 4. The SMILES string of the molecule is CO[C@H]1[C@H]([C@H]2O[C@@H]2CC=C(C)C)[C@]2(CC[C@H]1O)CO2. The molecule has 4 heteroatoms. The zero-order chi connectivity index (χ0) is 13.6. The highest BCUT2D eigenvalue weighted by atomic mass is 16.6. The molecular formula is C15H24O4. The van der Waals surface area contributed by atoms with Crippen molar-refractivity contribution in [2.45, 2.75) is 63.1 Å². The molecule has 6 atom stereocenters. The first-order valence-electron chi connectivity index (χ1n) is 7.21. The van der Waals surface area contributed by atoms with Crippen molar-refractivity contribution in [3.63, 3.8) is 0 Å². The van der Waals surface area contributed by atoms with Gasteiger partial charge in [-0.1, -0.05) is 11.6 Å². The highest BCUT2D eigenvalue weighted by Crippen LogP contribution is 2.53. The maximum absolute atomic E-state index is 10.1. The summed E-state index contributed by atoms with van der Waals surface area (Å²) in [6, 6.07) is 0. The lowest BCUT2D eigenvalue weighted by Gasteiger charge is -2.38. The van der Waals surface area contributed by atoms with Gasteiger partial charge < -0.3 is 19.3 Å². The van der Waals surface area contributed by atoms with Gasteiger partial charge in [-0.3, -0.25) is 0 Å². The van der Waals surface area contributed by atoms with Gasteiger partial charge in [0.25, 0.3) is 0 Å². The van der Waals surface area contributed by atoms with Gasteiger partial charge in [0, 0.05) is 13.0 Å². The maximum Gasteiger partial charge on any atom is 0.0997 e. The zero-order valence-electron chi connectivity index (χ0n) is 12.0. The van der Waals surface area contributed by atoms with E-state index in [-0.39, 0.29) is 29.8 Å². The lowest BCUT2D eigenvalue weighted by Crippen LogP contribution is -2.51. The van der Waals surface area contributed by atoms with E-state index in [4.69, 9.17) is 14.2 Å². The summed E-state index contributed by atoms with van der Waals surface area (Å²) in [6.45, 7) is 5.00. The topological polar surface area (TPSA) is 54.5 Å². The number of methoxy groups -OCH3 is 1. The molecule has 3 aliphatic rings. The fourth-order valence-electron chi connectivity index (χ4n) is 3.50. The standard InChI is InChI=1S/C15H24O4/c1-9(2)4-5-11-14(19-11)12-13(17-3)10(16)6-7-15(12)8-18-15/h4,10-14,16H,5-8H2,1-3H3/t10-,11-,12-,13-,14+,15+/m1/s1. The van der Waals surface area contributed by atoms with Gasteiger partial charge >= 0.3 is 0 Å². The van der Waals surface area contributed by atoms with Gasteiger partial charge in [-0.15, -0.1) is 0 Å². The molecule has 2 saturated heterocycles. The van der Waals surface area contributed by atoms with Crippen LogP contribution in [-0.4, -0.2) is 48.8 Å². The molecule has 0 amide bonds. The van der Waals surface area contributed by atoms with Crippen molar-refractivity contribution in [2.75, 3.05) is 13.7 Å². The van der Waals surface area contributed by atoms with Crippen molar-refractivity contribution in [3.8, 4) is 0 Å². The van der Waals surface area contributed by atoms with Crippen LogP contribution in [0, 0.1) is 5.92 Å². The summed E-state index contributed by atoms with van der Waals surface area (Å²) in [5.41, 5.74) is 1.24.